The van der Waals surface area contributed by atoms with Crippen LogP contribution in [0.25, 0.3) is 0 Å². The number of hydrogen-bond donors (Lipinski definition) is 2. The molecule has 1 amide bonds. The lowest BCUT2D eigenvalue weighted by Gasteiger charge is -2.18. The lowest BCUT2D eigenvalue weighted by atomic mass is 10.1. The van der Waals surface area contributed by atoms with Crippen LogP contribution in [-0.4, -0.2) is 47.2 Å². The third-order valence-corrected chi connectivity index (χ3v) is 3.07. The molecular weight excluding hydrogens is 216 g/mol. The van der Waals surface area contributed by atoms with E-state index in [9.17, 15) is 4.79 Å². The van der Waals surface area contributed by atoms with Crippen molar-refractivity contribution in [1.29, 1.82) is 0 Å². The molecule has 2 N–H and O–H groups in total. The highest BCUT2D eigenvalue weighted by Gasteiger charge is 2.19. The maximum absolute atomic E-state index is 12.2. The summed E-state index contributed by atoms with van der Waals surface area (Å²) >= 11 is 0. The number of aromatic nitrogens is 2. The van der Waals surface area contributed by atoms with Gasteiger partial charge in [0, 0.05) is 25.3 Å². The van der Waals surface area contributed by atoms with E-state index in [0.717, 1.165) is 38.3 Å². The predicted molar refractivity (Wildman–Crippen MR) is 66.1 cm³/mol. The molecule has 0 saturated carbocycles. The number of hydrogen-bond acceptors (Lipinski definition) is 3. The van der Waals surface area contributed by atoms with Crippen LogP contribution in [0.4, 0.5) is 0 Å². The second-order valence-corrected chi connectivity index (χ2v) is 4.76. The highest BCUT2D eigenvalue weighted by Crippen LogP contribution is 2.13. The second kappa shape index (κ2) is 5.31. The highest BCUT2D eigenvalue weighted by molar-refractivity contribution is 5.92. The SMILES string of the molecule is CC(C)c1cc(C(=O)N2CCCNCC2)n[nH]1. The van der Waals surface area contributed by atoms with Crippen molar-refractivity contribution in [2.75, 3.05) is 26.2 Å². The van der Waals surface area contributed by atoms with Gasteiger partial charge in [0.2, 0.25) is 0 Å². The Labute approximate surface area is 102 Å². The van der Waals surface area contributed by atoms with Crippen LogP contribution in [-0.2, 0) is 0 Å². The molecule has 1 aliphatic rings. The van der Waals surface area contributed by atoms with Gasteiger partial charge in [-0.2, -0.15) is 5.10 Å². The molecule has 1 fully saturated rings. The van der Waals surface area contributed by atoms with E-state index in [1.54, 1.807) is 0 Å². The van der Waals surface area contributed by atoms with E-state index in [4.69, 9.17) is 0 Å². The molecule has 17 heavy (non-hydrogen) atoms. The first kappa shape index (κ1) is 12.1. The number of rotatable bonds is 2. The molecule has 5 heteroatoms. The standard InChI is InChI=1S/C12H20N4O/c1-9(2)10-8-11(15-14-10)12(17)16-6-3-4-13-5-7-16/h8-9,13H,3-7H2,1-2H3,(H,14,15). The van der Waals surface area contributed by atoms with Crippen LogP contribution in [0.1, 0.15) is 42.4 Å². The topological polar surface area (TPSA) is 61.0 Å². The van der Waals surface area contributed by atoms with E-state index in [2.05, 4.69) is 29.4 Å². The molecule has 0 unspecified atom stereocenters. The van der Waals surface area contributed by atoms with Crippen LogP contribution < -0.4 is 5.32 Å². The fraction of sp³-hybridized carbons (Fsp3) is 0.667. The molecule has 2 heterocycles. The van der Waals surface area contributed by atoms with Gasteiger partial charge in [-0.25, -0.2) is 0 Å². The van der Waals surface area contributed by atoms with E-state index >= 15 is 0 Å². The zero-order valence-electron chi connectivity index (χ0n) is 10.5. The molecule has 1 aromatic heterocycles. The summed E-state index contributed by atoms with van der Waals surface area (Å²) in [6, 6.07) is 1.87. The summed E-state index contributed by atoms with van der Waals surface area (Å²) in [7, 11) is 0. The van der Waals surface area contributed by atoms with Crippen molar-refractivity contribution in [1.82, 2.24) is 20.4 Å². The van der Waals surface area contributed by atoms with Crippen LogP contribution in [0.15, 0.2) is 6.07 Å². The molecular formula is C12H20N4O. The normalized spacial score (nSPS) is 17.2. The summed E-state index contributed by atoms with van der Waals surface area (Å²) in [5, 5.41) is 10.3. The number of aromatic amines is 1. The van der Waals surface area contributed by atoms with Gasteiger partial charge in [0.25, 0.3) is 5.91 Å². The Hall–Kier alpha value is -1.36. The molecule has 1 aliphatic heterocycles. The molecule has 1 saturated heterocycles. The minimum absolute atomic E-state index is 0.0388. The number of carbonyl (C=O) groups excluding carboxylic acids is 1. The Morgan fingerprint density at radius 3 is 2.94 bits per heavy atom. The molecule has 5 nitrogen and oxygen atoms in total. The second-order valence-electron chi connectivity index (χ2n) is 4.76. The maximum Gasteiger partial charge on any atom is 0.274 e. The van der Waals surface area contributed by atoms with Gasteiger partial charge in [0.1, 0.15) is 5.69 Å². The van der Waals surface area contributed by atoms with E-state index in [1.165, 1.54) is 0 Å². The number of H-pyrrole nitrogens is 1. The Kier molecular flexibility index (Phi) is 3.78. The summed E-state index contributed by atoms with van der Waals surface area (Å²) in [6.45, 7) is 7.60. The van der Waals surface area contributed by atoms with Gasteiger partial charge >= 0.3 is 0 Å². The molecule has 0 bridgehead atoms. The van der Waals surface area contributed by atoms with Crippen molar-refractivity contribution in [3.63, 3.8) is 0 Å². The maximum atomic E-state index is 12.2. The number of carbonyl (C=O) groups is 1. The Morgan fingerprint density at radius 1 is 1.41 bits per heavy atom. The summed E-state index contributed by atoms with van der Waals surface area (Å²) < 4.78 is 0. The van der Waals surface area contributed by atoms with Gasteiger partial charge < -0.3 is 10.2 Å². The van der Waals surface area contributed by atoms with E-state index < -0.39 is 0 Å². The van der Waals surface area contributed by atoms with E-state index in [-0.39, 0.29) is 5.91 Å². The first-order valence-electron chi connectivity index (χ1n) is 6.24. The molecule has 0 spiro atoms. The minimum atomic E-state index is 0.0388. The monoisotopic (exact) mass is 236 g/mol. The van der Waals surface area contributed by atoms with Gasteiger partial charge in [-0.15, -0.1) is 0 Å². The van der Waals surface area contributed by atoms with Crippen molar-refractivity contribution in [2.24, 2.45) is 0 Å². The van der Waals surface area contributed by atoms with Gasteiger partial charge in [-0.1, -0.05) is 13.8 Å². The van der Waals surface area contributed by atoms with Crippen LogP contribution >= 0.6 is 0 Å². The summed E-state index contributed by atoms with van der Waals surface area (Å²) in [5.74, 6) is 0.409. The zero-order chi connectivity index (χ0) is 12.3. The average Bonchev–Trinajstić information content (AvgIpc) is 2.65. The van der Waals surface area contributed by atoms with Crippen molar-refractivity contribution >= 4 is 5.91 Å². The van der Waals surface area contributed by atoms with Gasteiger partial charge in [0.15, 0.2) is 0 Å². The quantitative estimate of drug-likeness (QED) is 0.804. The van der Waals surface area contributed by atoms with Gasteiger partial charge in [-0.3, -0.25) is 9.89 Å². The molecule has 0 aliphatic carbocycles. The van der Waals surface area contributed by atoms with E-state index in [0.29, 0.717) is 11.6 Å². The fourth-order valence-electron chi connectivity index (χ4n) is 1.95. The third-order valence-electron chi connectivity index (χ3n) is 3.07. The van der Waals surface area contributed by atoms with Crippen molar-refractivity contribution in [2.45, 2.75) is 26.2 Å². The molecule has 94 valence electrons. The number of nitrogens with one attached hydrogen (secondary N) is 2. The first-order chi connectivity index (χ1) is 8.18. The van der Waals surface area contributed by atoms with Gasteiger partial charge in [0.05, 0.1) is 0 Å². The highest BCUT2D eigenvalue weighted by atomic mass is 16.2. The van der Waals surface area contributed by atoms with Crippen molar-refractivity contribution in [3.8, 4) is 0 Å². The first-order valence-corrected chi connectivity index (χ1v) is 6.24. The summed E-state index contributed by atoms with van der Waals surface area (Å²) in [6.07, 6.45) is 1.01. The smallest absolute Gasteiger partial charge is 0.274 e. The van der Waals surface area contributed by atoms with Crippen LogP contribution in [0, 0.1) is 0 Å². The van der Waals surface area contributed by atoms with Crippen LogP contribution in [0.5, 0.6) is 0 Å². The molecule has 0 aromatic carbocycles. The molecule has 2 rings (SSSR count). The molecule has 0 atom stereocenters. The summed E-state index contributed by atoms with van der Waals surface area (Å²) in [4.78, 5) is 14.1. The predicted octanol–water partition coefficient (Wildman–Crippen LogP) is 0.969. The van der Waals surface area contributed by atoms with Crippen molar-refractivity contribution in [3.05, 3.63) is 17.5 Å². The summed E-state index contributed by atoms with van der Waals surface area (Å²) in [5.41, 5.74) is 1.55. The fourth-order valence-corrected chi connectivity index (χ4v) is 1.95. The number of amides is 1. The van der Waals surface area contributed by atoms with Crippen LogP contribution in [0.3, 0.4) is 0 Å². The lowest BCUT2D eigenvalue weighted by Crippen LogP contribution is -2.34. The lowest BCUT2D eigenvalue weighted by molar-refractivity contribution is 0.0760. The molecule has 0 radical (unpaired) electrons. The average molecular weight is 236 g/mol. The zero-order valence-corrected chi connectivity index (χ0v) is 10.5. The van der Waals surface area contributed by atoms with Crippen molar-refractivity contribution < 1.29 is 4.79 Å². The minimum Gasteiger partial charge on any atom is -0.336 e. The molecule has 1 aromatic rings. The number of nitrogens with zero attached hydrogens (tertiary/aromatic N) is 2. The Bertz CT molecular complexity index is 378. The Morgan fingerprint density at radius 2 is 2.24 bits per heavy atom. The Balaban J connectivity index is 2.06. The van der Waals surface area contributed by atoms with Gasteiger partial charge in [-0.05, 0) is 24.9 Å². The third kappa shape index (κ3) is 2.85. The van der Waals surface area contributed by atoms with E-state index in [1.807, 2.05) is 11.0 Å². The largest absolute Gasteiger partial charge is 0.336 e. The van der Waals surface area contributed by atoms with Crippen LogP contribution in [0.2, 0.25) is 0 Å².